The predicted molar refractivity (Wildman–Crippen MR) is 34.1 cm³/mol. The van der Waals surface area contributed by atoms with Crippen LogP contribution in [0.4, 0.5) is 4.79 Å². The second-order valence-corrected chi connectivity index (χ2v) is 1.59. The molecule has 0 aromatic heterocycles. The molecule has 52 valence electrons. The van der Waals surface area contributed by atoms with E-state index in [1.165, 1.54) is 0 Å². The van der Waals surface area contributed by atoms with Crippen molar-refractivity contribution in [3.05, 3.63) is 0 Å². The lowest BCUT2D eigenvalue weighted by Gasteiger charge is -1.91. The Labute approximate surface area is 53.7 Å². The fourth-order valence-electron chi connectivity index (χ4n) is 0.187. The molecule has 0 spiro atoms. The maximum absolute atomic E-state index is 9.91. The molecule has 0 aliphatic carbocycles. The number of oxime groups is 1. The molecule has 0 aliphatic rings. The number of hydrogen-bond donors (Lipinski definition) is 1. The van der Waals surface area contributed by atoms with E-state index < -0.39 is 6.09 Å². The molecule has 0 saturated carbocycles. The van der Waals surface area contributed by atoms with Crippen molar-refractivity contribution in [1.29, 1.82) is 0 Å². The van der Waals surface area contributed by atoms with Crippen molar-refractivity contribution in [3.8, 4) is 0 Å². The summed E-state index contributed by atoms with van der Waals surface area (Å²) in [5.74, 6) is 0. The predicted octanol–water partition coefficient (Wildman–Crippen LogP) is 0.868. The van der Waals surface area contributed by atoms with Crippen LogP contribution in [0.3, 0.4) is 0 Å². The third-order valence-electron chi connectivity index (χ3n) is 0.803. The van der Waals surface area contributed by atoms with E-state index in [1.807, 2.05) is 6.92 Å². The van der Waals surface area contributed by atoms with Crippen molar-refractivity contribution in [2.45, 2.75) is 20.3 Å². The molecule has 0 unspecified atom stereocenters. The first kappa shape index (κ1) is 7.94. The molecule has 0 saturated heterocycles. The van der Waals surface area contributed by atoms with Crippen molar-refractivity contribution >= 4 is 11.8 Å². The van der Waals surface area contributed by atoms with Gasteiger partial charge in [-0.15, -0.1) is 0 Å². The molecule has 0 radical (unpaired) electrons. The van der Waals surface area contributed by atoms with E-state index in [4.69, 9.17) is 0 Å². The second kappa shape index (κ2) is 3.88. The van der Waals surface area contributed by atoms with Crippen LogP contribution in [0.5, 0.6) is 0 Å². The zero-order valence-corrected chi connectivity index (χ0v) is 5.55. The zero-order chi connectivity index (χ0) is 7.28. The lowest BCUT2D eigenvalue weighted by atomic mass is 10.3. The van der Waals surface area contributed by atoms with E-state index >= 15 is 0 Å². The van der Waals surface area contributed by atoms with Crippen LogP contribution in [0, 0.1) is 0 Å². The first-order valence-electron chi connectivity index (χ1n) is 2.66. The molecular weight excluding hydrogens is 120 g/mol. The van der Waals surface area contributed by atoms with Crippen molar-refractivity contribution in [2.75, 3.05) is 0 Å². The van der Waals surface area contributed by atoms with Crippen LogP contribution < -0.4 is 5.73 Å². The highest BCUT2D eigenvalue weighted by Crippen LogP contribution is 1.84. The van der Waals surface area contributed by atoms with Crippen LogP contribution in [-0.2, 0) is 4.84 Å². The van der Waals surface area contributed by atoms with E-state index in [0.717, 1.165) is 12.1 Å². The van der Waals surface area contributed by atoms with Crippen molar-refractivity contribution in [2.24, 2.45) is 10.9 Å². The summed E-state index contributed by atoms with van der Waals surface area (Å²) >= 11 is 0. The van der Waals surface area contributed by atoms with Crippen LogP contribution in [0.1, 0.15) is 20.3 Å². The normalized spacial score (nSPS) is 11.1. The van der Waals surface area contributed by atoms with Gasteiger partial charge >= 0.3 is 6.09 Å². The molecule has 0 aromatic carbocycles. The summed E-state index contributed by atoms with van der Waals surface area (Å²) in [4.78, 5) is 14.0. The fraction of sp³-hybridized carbons (Fsp3) is 0.600. The molecule has 0 bridgehead atoms. The molecule has 4 nitrogen and oxygen atoms in total. The summed E-state index contributed by atoms with van der Waals surface area (Å²) in [6, 6.07) is 0. The van der Waals surface area contributed by atoms with Crippen LogP contribution in [0.15, 0.2) is 5.16 Å². The smallest absolute Gasteiger partial charge is 0.333 e. The summed E-state index contributed by atoms with van der Waals surface area (Å²) < 4.78 is 0. The SMILES string of the molecule is CC/C(C)=N\OC(N)=O. The van der Waals surface area contributed by atoms with Gasteiger partial charge in [0.15, 0.2) is 0 Å². The van der Waals surface area contributed by atoms with E-state index in [9.17, 15) is 4.79 Å². The standard InChI is InChI=1S/C5H10N2O2/c1-3-4(2)7-9-5(6)8/h3H2,1-2H3,(H2,6,8)/b7-4-. The number of rotatable bonds is 2. The molecule has 0 atom stereocenters. The molecule has 9 heavy (non-hydrogen) atoms. The summed E-state index contributed by atoms with van der Waals surface area (Å²) in [6.07, 6.45) is -0.115. The minimum Gasteiger partial charge on any atom is -0.333 e. The number of nitrogens with zero attached hydrogens (tertiary/aromatic N) is 1. The highest BCUT2D eigenvalue weighted by atomic mass is 16.7. The van der Waals surface area contributed by atoms with Gasteiger partial charge in [0.25, 0.3) is 0 Å². The topological polar surface area (TPSA) is 64.7 Å². The Kier molecular flexibility index (Phi) is 3.43. The highest BCUT2D eigenvalue weighted by molar-refractivity contribution is 5.81. The number of amides is 1. The number of carbonyl (C=O) groups is 1. The van der Waals surface area contributed by atoms with Crippen LogP contribution in [0.2, 0.25) is 0 Å². The van der Waals surface area contributed by atoms with Gasteiger partial charge in [-0.1, -0.05) is 12.1 Å². The van der Waals surface area contributed by atoms with E-state index in [0.29, 0.717) is 0 Å². The maximum Gasteiger partial charge on any atom is 0.430 e. The average Bonchev–Trinajstić information content (AvgIpc) is 1.83. The number of carbonyl (C=O) groups excluding carboxylic acids is 1. The van der Waals surface area contributed by atoms with Gasteiger partial charge < -0.3 is 5.73 Å². The molecule has 2 N–H and O–H groups in total. The largest absolute Gasteiger partial charge is 0.430 e. The third-order valence-corrected chi connectivity index (χ3v) is 0.803. The fourth-order valence-corrected chi connectivity index (χ4v) is 0.187. The van der Waals surface area contributed by atoms with Gasteiger partial charge in [-0.05, 0) is 13.3 Å². The summed E-state index contributed by atoms with van der Waals surface area (Å²) in [5, 5.41) is 3.38. The number of hydrogen-bond acceptors (Lipinski definition) is 3. The Hall–Kier alpha value is -1.06. The molecule has 0 aromatic rings. The molecule has 0 rings (SSSR count). The Balaban J connectivity index is 3.56. The van der Waals surface area contributed by atoms with Gasteiger partial charge in [0.2, 0.25) is 0 Å². The lowest BCUT2D eigenvalue weighted by molar-refractivity contribution is 0.161. The van der Waals surface area contributed by atoms with Gasteiger partial charge in [0, 0.05) is 0 Å². The molecule has 0 aliphatic heterocycles. The van der Waals surface area contributed by atoms with Gasteiger partial charge in [-0.3, -0.25) is 4.84 Å². The monoisotopic (exact) mass is 130 g/mol. The summed E-state index contributed by atoms with van der Waals surface area (Å²) in [6.45, 7) is 3.66. The average molecular weight is 130 g/mol. The van der Waals surface area contributed by atoms with Gasteiger partial charge in [-0.2, -0.15) is 0 Å². The number of primary amides is 1. The second-order valence-electron chi connectivity index (χ2n) is 1.59. The molecule has 0 fully saturated rings. The van der Waals surface area contributed by atoms with Gasteiger partial charge in [0.1, 0.15) is 0 Å². The Morgan fingerprint density at radius 2 is 2.33 bits per heavy atom. The lowest BCUT2D eigenvalue weighted by Crippen LogP contribution is -2.10. The van der Waals surface area contributed by atoms with Crippen LogP contribution in [-0.4, -0.2) is 11.8 Å². The van der Waals surface area contributed by atoms with Crippen molar-refractivity contribution < 1.29 is 9.63 Å². The van der Waals surface area contributed by atoms with E-state index in [-0.39, 0.29) is 0 Å². The summed E-state index contributed by atoms with van der Waals surface area (Å²) in [5.41, 5.74) is 5.37. The minimum atomic E-state index is -0.872. The van der Waals surface area contributed by atoms with Crippen molar-refractivity contribution in [1.82, 2.24) is 0 Å². The number of nitrogens with two attached hydrogens (primary N) is 1. The van der Waals surface area contributed by atoms with Crippen LogP contribution >= 0.6 is 0 Å². The minimum absolute atomic E-state index is 0.744. The molecule has 0 heterocycles. The quantitative estimate of drug-likeness (QED) is 0.342. The Morgan fingerprint density at radius 1 is 1.78 bits per heavy atom. The molecular formula is C5H10N2O2. The highest BCUT2D eigenvalue weighted by Gasteiger charge is 1.89. The molecule has 4 heteroatoms. The van der Waals surface area contributed by atoms with Crippen LogP contribution in [0.25, 0.3) is 0 Å². The Morgan fingerprint density at radius 3 is 2.67 bits per heavy atom. The Bertz CT molecular complexity index is 131. The zero-order valence-electron chi connectivity index (χ0n) is 5.55. The maximum atomic E-state index is 9.91. The first-order valence-corrected chi connectivity index (χ1v) is 2.66. The first-order chi connectivity index (χ1) is 4.16. The van der Waals surface area contributed by atoms with Crippen molar-refractivity contribution in [3.63, 3.8) is 0 Å². The third kappa shape index (κ3) is 4.80. The van der Waals surface area contributed by atoms with E-state index in [2.05, 4.69) is 15.7 Å². The summed E-state index contributed by atoms with van der Waals surface area (Å²) in [7, 11) is 0. The van der Waals surface area contributed by atoms with E-state index in [1.54, 1.807) is 6.92 Å². The van der Waals surface area contributed by atoms with Gasteiger partial charge in [0.05, 0.1) is 5.71 Å². The molecule has 1 amide bonds. The van der Waals surface area contributed by atoms with Gasteiger partial charge in [-0.25, -0.2) is 4.79 Å².